The number of nitrogens with one attached hydrogen (secondary N) is 3. The van der Waals surface area contributed by atoms with Crippen molar-refractivity contribution in [2.45, 2.75) is 4.21 Å². The van der Waals surface area contributed by atoms with Crippen molar-refractivity contribution in [2.24, 2.45) is 0 Å². The fourth-order valence-corrected chi connectivity index (χ4v) is 4.80. The SMILES string of the molecule is COc1n[nH]c2ncc(NC(=O)c3c(F)ccc(NS(=O)(=O)c4cccs4)c3F)cc12. The predicted octanol–water partition coefficient (Wildman–Crippen LogP) is 3.36. The van der Waals surface area contributed by atoms with E-state index in [2.05, 4.69) is 20.5 Å². The summed E-state index contributed by atoms with van der Waals surface area (Å²) in [7, 11) is -2.70. The molecule has 1 aromatic carbocycles. The number of aromatic nitrogens is 3. The minimum Gasteiger partial charge on any atom is -0.479 e. The van der Waals surface area contributed by atoms with Gasteiger partial charge in [-0.05, 0) is 29.6 Å². The quantitative estimate of drug-likeness (QED) is 0.401. The first kappa shape index (κ1) is 20.7. The topological polar surface area (TPSA) is 126 Å². The van der Waals surface area contributed by atoms with Gasteiger partial charge in [0.15, 0.2) is 11.5 Å². The number of methoxy groups -OCH3 is 1. The molecule has 3 heterocycles. The summed E-state index contributed by atoms with van der Waals surface area (Å²) in [5, 5.41) is 10.8. The van der Waals surface area contributed by atoms with Gasteiger partial charge in [-0.2, -0.15) is 0 Å². The summed E-state index contributed by atoms with van der Waals surface area (Å²) in [4.78, 5) is 16.6. The number of benzene rings is 1. The third-order valence-electron chi connectivity index (χ3n) is 4.16. The molecular weight excluding hydrogens is 452 g/mol. The molecule has 3 aromatic heterocycles. The largest absolute Gasteiger partial charge is 0.479 e. The van der Waals surface area contributed by atoms with E-state index in [4.69, 9.17) is 4.74 Å². The molecule has 0 spiro atoms. The van der Waals surface area contributed by atoms with Crippen molar-refractivity contribution in [3.8, 4) is 5.88 Å². The average molecular weight is 465 g/mol. The maximum absolute atomic E-state index is 14.9. The highest BCUT2D eigenvalue weighted by Gasteiger charge is 2.24. The summed E-state index contributed by atoms with van der Waals surface area (Å²) >= 11 is 0.924. The Hall–Kier alpha value is -3.58. The number of hydrogen-bond donors (Lipinski definition) is 3. The van der Waals surface area contributed by atoms with Gasteiger partial charge in [-0.25, -0.2) is 22.2 Å². The van der Waals surface area contributed by atoms with Crippen molar-refractivity contribution in [3.05, 3.63) is 59.1 Å². The molecule has 4 aromatic rings. The number of rotatable bonds is 6. The lowest BCUT2D eigenvalue weighted by molar-refractivity contribution is 0.101. The number of thiophene rings is 1. The van der Waals surface area contributed by atoms with Crippen LogP contribution in [0.1, 0.15) is 10.4 Å². The lowest BCUT2D eigenvalue weighted by atomic mass is 10.1. The molecule has 0 radical (unpaired) electrons. The molecule has 0 atom stereocenters. The predicted molar refractivity (Wildman–Crippen MR) is 110 cm³/mol. The van der Waals surface area contributed by atoms with Crippen molar-refractivity contribution in [1.29, 1.82) is 0 Å². The molecule has 9 nitrogen and oxygen atoms in total. The molecule has 0 aliphatic heterocycles. The molecule has 0 aliphatic carbocycles. The molecule has 0 fully saturated rings. The van der Waals surface area contributed by atoms with E-state index in [1.54, 1.807) is 0 Å². The summed E-state index contributed by atoms with van der Waals surface area (Å²) in [6, 6.07) is 6.00. The fraction of sp³-hybridized carbons (Fsp3) is 0.0556. The minimum atomic E-state index is -4.09. The van der Waals surface area contributed by atoms with Gasteiger partial charge in [0.25, 0.3) is 15.9 Å². The molecule has 0 saturated carbocycles. The van der Waals surface area contributed by atoms with Crippen LogP contribution in [-0.4, -0.2) is 36.6 Å². The standard InChI is InChI=1S/C18H13F2N5O4S2/c1-29-18-10-7-9(8-21-16(10)23-24-18)22-17(26)14-11(19)4-5-12(15(14)20)25-31(27,28)13-3-2-6-30-13/h2-8,25H,1H3,(H,22,26)(H,21,23,24). The number of amides is 1. The van der Waals surface area contributed by atoms with Crippen LogP contribution in [0.5, 0.6) is 5.88 Å². The number of ether oxygens (including phenoxy) is 1. The Kier molecular flexibility index (Phi) is 5.29. The number of anilines is 2. The van der Waals surface area contributed by atoms with Gasteiger partial charge < -0.3 is 10.1 Å². The van der Waals surface area contributed by atoms with E-state index in [9.17, 15) is 22.0 Å². The van der Waals surface area contributed by atoms with Crippen molar-refractivity contribution < 1.29 is 26.7 Å². The number of carbonyl (C=O) groups excluding carboxylic acids is 1. The van der Waals surface area contributed by atoms with Crippen molar-refractivity contribution in [1.82, 2.24) is 15.2 Å². The normalized spacial score (nSPS) is 11.5. The highest BCUT2D eigenvalue weighted by Crippen LogP contribution is 2.27. The number of halogens is 2. The van der Waals surface area contributed by atoms with Gasteiger partial charge in [0.1, 0.15) is 15.6 Å². The van der Waals surface area contributed by atoms with Crippen molar-refractivity contribution >= 4 is 49.7 Å². The van der Waals surface area contributed by atoms with Gasteiger partial charge in [-0.1, -0.05) is 6.07 Å². The number of aromatic amines is 1. The molecule has 3 N–H and O–H groups in total. The van der Waals surface area contributed by atoms with Gasteiger partial charge in [0, 0.05) is 0 Å². The maximum atomic E-state index is 14.9. The summed E-state index contributed by atoms with van der Waals surface area (Å²) < 4.78 is 60.9. The van der Waals surface area contributed by atoms with Crippen LogP contribution in [0.15, 0.2) is 46.1 Å². The Morgan fingerprint density at radius 2 is 2.06 bits per heavy atom. The van der Waals surface area contributed by atoms with E-state index in [0.717, 1.165) is 23.5 Å². The number of hydrogen-bond acceptors (Lipinski definition) is 7. The van der Waals surface area contributed by atoms with Gasteiger partial charge in [-0.15, -0.1) is 16.4 Å². The van der Waals surface area contributed by atoms with Gasteiger partial charge in [0.2, 0.25) is 5.88 Å². The average Bonchev–Trinajstić information content (AvgIpc) is 3.40. The van der Waals surface area contributed by atoms with E-state index in [-0.39, 0.29) is 15.8 Å². The Bertz CT molecular complexity index is 1390. The molecule has 1 amide bonds. The third-order valence-corrected chi connectivity index (χ3v) is 6.92. The summed E-state index contributed by atoms with van der Waals surface area (Å²) in [6.45, 7) is 0. The maximum Gasteiger partial charge on any atom is 0.271 e. The lowest BCUT2D eigenvalue weighted by Crippen LogP contribution is -2.19. The zero-order valence-electron chi connectivity index (χ0n) is 15.6. The van der Waals surface area contributed by atoms with E-state index in [1.165, 1.54) is 36.9 Å². The highest BCUT2D eigenvalue weighted by molar-refractivity contribution is 7.94. The van der Waals surface area contributed by atoms with Crippen LogP contribution in [0, 0.1) is 11.6 Å². The van der Waals surface area contributed by atoms with Gasteiger partial charge in [0.05, 0.1) is 30.1 Å². The van der Waals surface area contributed by atoms with Gasteiger partial charge >= 0.3 is 0 Å². The van der Waals surface area contributed by atoms with Crippen LogP contribution in [0.2, 0.25) is 0 Å². The number of nitrogens with zero attached hydrogens (tertiary/aromatic N) is 2. The lowest BCUT2D eigenvalue weighted by Gasteiger charge is -2.12. The number of fused-ring (bicyclic) bond motifs is 1. The molecule has 0 saturated heterocycles. The number of sulfonamides is 1. The number of H-pyrrole nitrogens is 1. The van der Waals surface area contributed by atoms with Gasteiger partial charge in [-0.3, -0.25) is 14.6 Å². The van der Waals surface area contributed by atoms with Crippen molar-refractivity contribution in [2.75, 3.05) is 17.1 Å². The van der Waals surface area contributed by atoms with E-state index < -0.39 is 38.8 Å². The van der Waals surface area contributed by atoms with Crippen LogP contribution in [0.4, 0.5) is 20.2 Å². The second kappa shape index (κ2) is 7.92. The fourth-order valence-electron chi connectivity index (χ4n) is 2.75. The van der Waals surface area contributed by atoms with E-state index >= 15 is 0 Å². The number of pyridine rings is 1. The van der Waals surface area contributed by atoms with Crippen LogP contribution >= 0.6 is 11.3 Å². The molecule has 0 aliphatic rings. The molecule has 31 heavy (non-hydrogen) atoms. The molecule has 0 unspecified atom stereocenters. The Morgan fingerprint density at radius 1 is 1.26 bits per heavy atom. The van der Waals surface area contributed by atoms with E-state index in [1.807, 2.05) is 4.72 Å². The smallest absolute Gasteiger partial charge is 0.271 e. The Labute approximate surface area is 178 Å². The Balaban J connectivity index is 1.65. The molecule has 160 valence electrons. The zero-order chi connectivity index (χ0) is 22.2. The monoisotopic (exact) mass is 465 g/mol. The first-order chi connectivity index (χ1) is 14.8. The second-order valence-corrected chi connectivity index (χ2v) is 8.99. The van der Waals surface area contributed by atoms with Crippen LogP contribution < -0.4 is 14.8 Å². The van der Waals surface area contributed by atoms with Crippen LogP contribution in [0.25, 0.3) is 11.0 Å². The zero-order valence-corrected chi connectivity index (χ0v) is 17.3. The summed E-state index contributed by atoms with van der Waals surface area (Å²) in [5.74, 6) is -3.42. The molecule has 13 heteroatoms. The van der Waals surface area contributed by atoms with Crippen molar-refractivity contribution in [3.63, 3.8) is 0 Å². The molecular formula is C18H13F2N5O4S2. The first-order valence-corrected chi connectivity index (χ1v) is 10.9. The highest BCUT2D eigenvalue weighted by atomic mass is 32.2. The number of carbonyl (C=O) groups is 1. The molecule has 4 rings (SSSR count). The summed E-state index contributed by atoms with van der Waals surface area (Å²) in [5.41, 5.74) is -1.01. The third kappa shape index (κ3) is 3.92. The van der Waals surface area contributed by atoms with Crippen LogP contribution in [0.3, 0.4) is 0 Å². The summed E-state index contributed by atoms with van der Waals surface area (Å²) in [6.07, 6.45) is 1.26. The molecule has 0 bridgehead atoms. The minimum absolute atomic E-state index is 0.0596. The Morgan fingerprint density at radius 3 is 2.77 bits per heavy atom. The second-order valence-electron chi connectivity index (χ2n) is 6.13. The first-order valence-electron chi connectivity index (χ1n) is 8.54. The van der Waals surface area contributed by atoms with E-state index in [0.29, 0.717) is 11.0 Å². The van der Waals surface area contributed by atoms with Crippen LogP contribution in [-0.2, 0) is 10.0 Å².